The van der Waals surface area contributed by atoms with Gasteiger partial charge < -0.3 is 5.32 Å². The third-order valence-electron chi connectivity index (χ3n) is 3.92. The third kappa shape index (κ3) is 3.20. The molecule has 5 nitrogen and oxygen atoms in total. The van der Waals surface area contributed by atoms with Crippen molar-refractivity contribution in [2.45, 2.75) is 26.7 Å². The molecule has 2 aromatic carbocycles. The van der Waals surface area contributed by atoms with Crippen LogP contribution in [0.15, 0.2) is 42.5 Å². The van der Waals surface area contributed by atoms with Crippen LogP contribution in [0.3, 0.4) is 0 Å². The lowest BCUT2D eigenvalue weighted by atomic mass is 10.0. The van der Waals surface area contributed by atoms with E-state index >= 15 is 0 Å². The normalized spacial score (nSPS) is 10.8. The van der Waals surface area contributed by atoms with Gasteiger partial charge in [-0.25, -0.2) is 0 Å². The first kappa shape index (κ1) is 15.9. The first-order valence-corrected chi connectivity index (χ1v) is 7.98. The molecule has 0 saturated heterocycles. The Labute approximate surface area is 140 Å². The Balaban J connectivity index is 1.89. The first-order valence-electron chi connectivity index (χ1n) is 7.98. The molecule has 0 unspecified atom stereocenters. The molecule has 1 aromatic heterocycles. The van der Waals surface area contributed by atoms with Crippen LogP contribution in [0.4, 0.5) is 5.82 Å². The predicted molar refractivity (Wildman–Crippen MR) is 95.1 cm³/mol. The molecule has 0 saturated carbocycles. The maximum atomic E-state index is 11.7. The fourth-order valence-corrected chi connectivity index (χ4v) is 2.61. The summed E-state index contributed by atoms with van der Waals surface area (Å²) in [5.41, 5.74) is 3.60. The fourth-order valence-electron chi connectivity index (χ4n) is 2.61. The van der Waals surface area contributed by atoms with Gasteiger partial charge in [0, 0.05) is 17.4 Å². The van der Waals surface area contributed by atoms with Crippen molar-refractivity contribution in [1.29, 1.82) is 0 Å². The van der Waals surface area contributed by atoms with Crippen molar-refractivity contribution < 1.29 is 9.59 Å². The lowest BCUT2D eigenvalue weighted by Crippen LogP contribution is -2.10. The van der Waals surface area contributed by atoms with Gasteiger partial charge in [-0.05, 0) is 36.6 Å². The largest absolute Gasteiger partial charge is 0.309 e. The average Bonchev–Trinajstić information content (AvgIpc) is 2.97. The number of carbonyl (C=O) groups excluding carboxylic acids is 2. The van der Waals surface area contributed by atoms with E-state index in [1.807, 2.05) is 49.4 Å². The van der Waals surface area contributed by atoms with Gasteiger partial charge in [0.2, 0.25) is 5.91 Å². The number of H-pyrrole nitrogens is 1. The molecule has 1 heterocycles. The molecule has 122 valence electrons. The summed E-state index contributed by atoms with van der Waals surface area (Å²) in [6.07, 6.45) is 1.28. The minimum absolute atomic E-state index is 0.0326. The van der Waals surface area contributed by atoms with E-state index in [2.05, 4.69) is 15.5 Å². The smallest absolute Gasteiger partial charge is 0.225 e. The van der Waals surface area contributed by atoms with E-state index in [4.69, 9.17) is 0 Å². The van der Waals surface area contributed by atoms with Crippen molar-refractivity contribution in [1.82, 2.24) is 10.2 Å². The van der Waals surface area contributed by atoms with Crippen LogP contribution >= 0.6 is 0 Å². The second kappa shape index (κ2) is 6.66. The van der Waals surface area contributed by atoms with E-state index in [1.165, 1.54) is 0 Å². The Morgan fingerprint density at radius 1 is 1.08 bits per heavy atom. The van der Waals surface area contributed by atoms with Crippen LogP contribution in [0.25, 0.3) is 22.0 Å². The van der Waals surface area contributed by atoms with Gasteiger partial charge in [0.1, 0.15) is 0 Å². The summed E-state index contributed by atoms with van der Waals surface area (Å²) in [5, 5.41) is 10.8. The van der Waals surface area contributed by atoms with Crippen LogP contribution in [0, 0.1) is 0 Å². The number of benzene rings is 2. The number of fused-ring (bicyclic) bond motifs is 1. The van der Waals surface area contributed by atoms with Crippen LogP contribution in [0.5, 0.6) is 0 Å². The summed E-state index contributed by atoms with van der Waals surface area (Å²) in [6, 6.07) is 13.4. The highest BCUT2D eigenvalue weighted by Gasteiger charge is 2.10. The number of nitrogens with one attached hydrogen (secondary N) is 2. The van der Waals surface area contributed by atoms with Crippen molar-refractivity contribution in [2.75, 3.05) is 5.32 Å². The van der Waals surface area contributed by atoms with Crippen molar-refractivity contribution in [3.05, 3.63) is 48.0 Å². The number of nitrogens with zero attached hydrogens (tertiary/aromatic N) is 1. The first-order chi connectivity index (χ1) is 11.6. The number of aromatic nitrogens is 2. The Hall–Kier alpha value is -2.95. The number of aromatic amines is 1. The van der Waals surface area contributed by atoms with Gasteiger partial charge >= 0.3 is 0 Å². The number of hydrogen-bond acceptors (Lipinski definition) is 3. The second-order valence-corrected chi connectivity index (χ2v) is 5.76. The number of hydrogen-bond donors (Lipinski definition) is 2. The average molecular weight is 321 g/mol. The predicted octanol–water partition coefficient (Wildman–Crippen LogP) is 4.17. The second-order valence-electron chi connectivity index (χ2n) is 5.76. The zero-order valence-corrected chi connectivity index (χ0v) is 13.7. The van der Waals surface area contributed by atoms with E-state index in [0.717, 1.165) is 28.5 Å². The molecule has 0 aliphatic heterocycles. The van der Waals surface area contributed by atoms with E-state index in [-0.39, 0.29) is 11.7 Å². The van der Waals surface area contributed by atoms with Crippen molar-refractivity contribution in [2.24, 2.45) is 0 Å². The number of anilines is 1. The molecule has 5 heteroatoms. The zero-order valence-electron chi connectivity index (χ0n) is 13.7. The van der Waals surface area contributed by atoms with Crippen molar-refractivity contribution >= 4 is 28.4 Å². The summed E-state index contributed by atoms with van der Waals surface area (Å²) in [5.74, 6) is 0.578. The molecule has 24 heavy (non-hydrogen) atoms. The highest BCUT2D eigenvalue weighted by molar-refractivity contribution is 6.00. The van der Waals surface area contributed by atoms with Gasteiger partial charge in [-0.2, -0.15) is 5.10 Å². The minimum atomic E-state index is -0.0326. The van der Waals surface area contributed by atoms with Crippen molar-refractivity contribution in [3.63, 3.8) is 0 Å². The number of Topliss-reactive ketones (excluding diaryl/α,β-unsaturated/α-hetero) is 1. The molecule has 0 bridgehead atoms. The Bertz CT molecular complexity index is 895. The minimum Gasteiger partial charge on any atom is -0.309 e. The van der Waals surface area contributed by atoms with Crippen LogP contribution in [0.2, 0.25) is 0 Å². The third-order valence-corrected chi connectivity index (χ3v) is 3.92. The summed E-state index contributed by atoms with van der Waals surface area (Å²) in [4.78, 5) is 23.1. The monoisotopic (exact) mass is 321 g/mol. The summed E-state index contributed by atoms with van der Waals surface area (Å²) in [6.45, 7) is 3.52. The Morgan fingerprint density at radius 3 is 2.46 bits per heavy atom. The molecular formula is C19H19N3O2. The summed E-state index contributed by atoms with van der Waals surface area (Å²) in [7, 11) is 0. The van der Waals surface area contributed by atoms with Gasteiger partial charge in [0.05, 0.1) is 5.52 Å². The quantitative estimate of drug-likeness (QED) is 0.693. The van der Waals surface area contributed by atoms with Gasteiger partial charge in [0.15, 0.2) is 11.6 Å². The summed E-state index contributed by atoms with van der Waals surface area (Å²) >= 11 is 0. The highest BCUT2D eigenvalue weighted by atomic mass is 16.1. The maximum absolute atomic E-state index is 11.7. The molecule has 0 radical (unpaired) electrons. The van der Waals surface area contributed by atoms with E-state index in [0.29, 0.717) is 17.8 Å². The molecule has 0 fully saturated rings. The number of amides is 1. The topological polar surface area (TPSA) is 74.8 Å². The number of rotatable bonds is 5. The van der Waals surface area contributed by atoms with E-state index in [1.54, 1.807) is 6.92 Å². The van der Waals surface area contributed by atoms with Crippen LogP contribution in [-0.4, -0.2) is 21.9 Å². The molecule has 0 atom stereocenters. The Morgan fingerprint density at radius 2 is 1.79 bits per heavy atom. The molecule has 0 aliphatic rings. The molecular weight excluding hydrogens is 302 g/mol. The maximum Gasteiger partial charge on any atom is 0.225 e. The Kier molecular flexibility index (Phi) is 4.42. The zero-order chi connectivity index (χ0) is 17.1. The fraction of sp³-hybridized carbons (Fsp3) is 0.211. The molecule has 3 rings (SSSR count). The lowest BCUT2D eigenvalue weighted by Gasteiger charge is -2.04. The standard InChI is InChI=1S/C19H19N3O2/c1-3-4-18(24)20-19-16-10-9-15(11-17(16)21-22-19)14-7-5-13(6-8-14)12(2)23/h5-11H,3-4H2,1-2H3,(H2,20,21,22,24). The molecule has 3 aromatic rings. The van der Waals surface area contributed by atoms with Crippen LogP contribution in [-0.2, 0) is 4.79 Å². The lowest BCUT2D eigenvalue weighted by molar-refractivity contribution is -0.116. The number of carbonyl (C=O) groups is 2. The van der Waals surface area contributed by atoms with Gasteiger partial charge in [0.25, 0.3) is 0 Å². The SMILES string of the molecule is CCCC(=O)Nc1n[nH]c2cc(-c3ccc(C(C)=O)cc3)ccc12. The van der Waals surface area contributed by atoms with Crippen LogP contribution < -0.4 is 5.32 Å². The van der Waals surface area contributed by atoms with E-state index < -0.39 is 0 Å². The van der Waals surface area contributed by atoms with Gasteiger partial charge in [-0.3, -0.25) is 14.7 Å². The molecule has 1 amide bonds. The van der Waals surface area contributed by atoms with Crippen LogP contribution in [0.1, 0.15) is 37.0 Å². The summed E-state index contributed by atoms with van der Waals surface area (Å²) < 4.78 is 0. The van der Waals surface area contributed by atoms with Gasteiger partial charge in [-0.1, -0.05) is 37.3 Å². The molecule has 2 N–H and O–H groups in total. The van der Waals surface area contributed by atoms with E-state index in [9.17, 15) is 9.59 Å². The number of ketones is 1. The molecule has 0 spiro atoms. The van der Waals surface area contributed by atoms with Crippen molar-refractivity contribution in [3.8, 4) is 11.1 Å². The highest BCUT2D eigenvalue weighted by Crippen LogP contribution is 2.27. The van der Waals surface area contributed by atoms with Gasteiger partial charge in [-0.15, -0.1) is 0 Å². The molecule has 0 aliphatic carbocycles.